The summed E-state index contributed by atoms with van der Waals surface area (Å²) >= 11 is 3.52. The van der Waals surface area contributed by atoms with E-state index in [4.69, 9.17) is 5.73 Å². The smallest absolute Gasteiger partial charge is 0.139 e. The monoisotopic (exact) mass is 301 g/mol. The van der Waals surface area contributed by atoms with E-state index in [1.807, 2.05) is 24.3 Å². The number of benzene rings is 2. The molecule has 0 fully saturated rings. The maximum atomic E-state index is 5.74. The van der Waals surface area contributed by atoms with Crippen LogP contribution in [-0.2, 0) is 0 Å². The predicted molar refractivity (Wildman–Crippen MR) is 78.4 cm³/mol. The molecular formula is C14H12BrN3. The maximum absolute atomic E-state index is 5.74. The highest BCUT2D eigenvalue weighted by atomic mass is 79.9. The summed E-state index contributed by atoms with van der Waals surface area (Å²) in [6.45, 7) is 2.07. The standard InChI is InChI=1S/C14H12BrN3/c1-8-2-5-12-13(6-8)18-14(17-12)10-4-3-9(16)7-11(10)15/h2-7H,16H2,1H3,(H,17,18). The second kappa shape index (κ2) is 4.14. The Kier molecular flexibility index (Phi) is 2.59. The van der Waals surface area contributed by atoms with Gasteiger partial charge in [-0.05, 0) is 58.7 Å². The van der Waals surface area contributed by atoms with Crippen LogP contribution in [0.5, 0.6) is 0 Å². The molecule has 3 aromatic rings. The second-order valence-electron chi connectivity index (χ2n) is 4.35. The van der Waals surface area contributed by atoms with Crippen LogP contribution in [0.15, 0.2) is 40.9 Å². The van der Waals surface area contributed by atoms with Gasteiger partial charge in [-0.3, -0.25) is 0 Å². The number of aryl methyl sites for hydroxylation is 1. The Morgan fingerprint density at radius 3 is 2.78 bits per heavy atom. The molecule has 2 aromatic carbocycles. The summed E-state index contributed by atoms with van der Waals surface area (Å²) in [5.41, 5.74) is 10.7. The third kappa shape index (κ3) is 1.88. The minimum Gasteiger partial charge on any atom is -0.399 e. The lowest BCUT2D eigenvalue weighted by Gasteiger charge is -2.01. The van der Waals surface area contributed by atoms with E-state index in [-0.39, 0.29) is 0 Å². The number of nitrogens with two attached hydrogens (primary N) is 1. The first-order chi connectivity index (χ1) is 8.63. The van der Waals surface area contributed by atoms with E-state index in [0.717, 1.165) is 32.6 Å². The van der Waals surface area contributed by atoms with Crippen molar-refractivity contribution >= 4 is 32.7 Å². The number of rotatable bonds is 1. The molecule has 4 heteroatoms. The average molecular weight is 302 g/mol. The van der Waals surface area contributed by atoms with Crippen molar-refractivity contribution in [2.45, 2.75) is 6.92 Å². The lowest BCUT2D eigenvalue weighted by molar-refractivity contribution is 1.33. The molecule has 0 saturated carbocycles. The lowest BCUT2D eigenvalue weighted by Crippen LogP contribution is -1.87. The van der Waals surface area contributed by atoms with E-state index < -0.39 is 0 Å². The van der Waals surface area contributed by atoms with Crippen LogP contribution in [0.25, 0.3) is 22.4 Å². The molecule has 0 atom stereocenters. The fourth-order valence-electron chi connectivity index (χ4n) is 1.97. The van der Waals surface area contributed by atoms with E-state index in [2.05, 4.69) is 45.0 Å². The highest BCUT2D eigenvalue weighted by molar-refractivity contribution is 9.10. The van der Waals surface area contributed by atoms with Gasteiger partial charge >= 0.3 is 0 Å². The van der Waals surface area contributed by atoms with Crippen LogP contribution in [0.1, 0.15) is 5.56 Å². The molecule has 0 aliphatic heterocycles. The number of nitrogens with one attached hydrogen (secondary N) is 1. The number of imidazole rings is 1. The molecular weight excluding hydrogens is 290 g/mol. The number of halogens is 1. The summed E-state index contributed by atoms with van der Waals surface area (Å²) in [5, 5.41) is 0. The molecule has 0 aliphatic carbocycles. The zero-order valence-electron chi connectivity index (χ0n) is 9.87. The molecule has 90 valence electrons. The van der Waals surface area contributed by atoms with Gasteiger partial charge in [0, 0.05) is 15.7 Å². The van der Waals surface area contributed by atoms with Gasteiger partial charge in [-0.25, -0.2) is 4.98 Å². The van der Waals surface area contributed by atoms with Gasteiger partial charge in [0.05, 0.1) is 11.0 Å². The van der Waals surface area contributed by atoms with Gasteiger partial charge in [0.15, 0.2) is 0 Å². The number of hydrogen-bond donors (Lipinski definition) is 2. The Labute approximate surface area is 113 Å². The Morgan fingerprint density at radius 2 is 2.00 bits per heavy atom. The summed E-state index contributed by atoms with van der Waals surface area (Å²) in [4.78, 5) is 7.92. The second-order valence-corrected chi connectivity index (χ2v) is 5.20. The van der Waals surface area contributed by atoms with Crippen molar-refractivity contribution in [3.05, 3.63) is 46.4 Å². The van der Waals surface area contributed by atoms with Crippen LogP contribution in [0.3, 0.4) is 0 Å². The van der Waals surface area contributed by atoms with Crippen molar-refractivity contribution in [1.82, 2.24) is 9.97 Å². The molecule has 1 aromatic heterocycles. The highest BCUT2D eigenvalue weighted by Gasteiger charge is 2.08. The first-order valence-corrected chi connectivity index (χ1v) is 6.44. The first-order valence-electron chi connectivity index (χ1n) is 5.65. The predicted octanol–water partition coefficient (Wildman–Crippen LogP) is 3.88. The van der Waals surface area contributed by atoms with E-state index >= 15 is 0 Å². The number of fused-ring (bicyclic) bond motifs is 1. The van der Waals surface area contributed by atoms with Gasteiger partial charge in [-0.15, -0.1) is 0 Å². The molecule has 0 amide bonds. The number of aromatic nitrogens is 2. The fraction of sp³-hybridized carbons (Fsp3) is 0.0714. The minimum absolute atomic E-state index is 0.734. The van der Waals surface area contributed by atoms with Gasteiger partial charge in [-0.1, -0.05) is 6.07 Å². The van der Waals surface area contributed by atoms with Crippen LogP contribution in [0, 0.1) is 6.92 Å². The lowest BCUT2D eigenvalue weighted by atomic mass is 10.2. The third-order valence-electron chi connectivity index (χ3n) is 2.89. The Balaban J connectivity index is 2.19. The van der Waals surface area contributed by atoms with E-state index in [9.17, 15) is 0 Å². The van der Waals surface area contributed by atoms with Crippen molar-refractivity contribution in [3.63, 3.8) is 0 Å². The normalized spacial score (nSPS) is 11.0. The van der Waals surface area contributed by atoms with Gasteiger partial charge in [0.1, 0.15) is 5.82 Å². The van der Waals surface area contributed by atoms with E-state index in [1.165, 1.54) is 5.56 Å². The first kappa shape index (κ1) is 11.3. The van der Waals surface area contributed by atoms with E-state index in [0.29, 0.717) is 0 Å². The van der Waals surface area contributed by atoms with Crippen molar-refractivity contribution in [2.75, 3.05) is 5.73 Å². The van der Waals surface area contributed by atoms with Crippen molar-refractivity contribution in [3.8, 4) is 11.4 Å². The summed E-state index contributed by atoms with van der Waals surface area (Å²) in [6.07, 6.45) is 0. The quantitative estimate of drug-likeness (QED) is 0.670. The number of nitrogen functional groups attached to an aromatic ring is 1. The molecule has 0 radical (unpaired) electrons. The summed E-state index contributed by atoms with van der Waals surface area (Å²) < 4.78 is 0.943. The fourth-order valence-corrected chi connectivity index (χ4v) is 2.56. The molecule has 0 unspecified atom stereocenters. The third-order valence-corrected chi connectivity index (χ3v) is 3.54. The minimum atomic E-state index is 0.734. The zero-order valence-corrected chi connectivity index (χ0v) is 11.5. The molecule has 0 saturated heterocycles. The molecule has 0 bridgehead atoms. The van der Waals surface area contributed by atoms with Crippen molar-refractivity contribution < 1.29 is 0 Å². The van der Waals surface area contributed by atoms with Crippen LogP contribution in [0.2, 0.25) is 0 Å². The van der Waals surface area contributed by atoms with Crippen molar-refractivity contribution in [2.24, 2.45) is 0 Å². The van der Waals surface area contributed by atoms with Crippen LogP contribution in [0.4, 0.5) is 5.69 Å². The molecule has 18 heavy (non-hydrogen) atoms. The molecule has 3 rings (SSSR count). The Hall–Kier alpha value is -1.81. The molecule has 0 aliphatic rings. The number of aromatic amines is 1. The summed E-state index contributed by atoms with van der Waals surface area (Å²) in [6, 6.07) is 11.9. The van der Waals surface area contributed by atoms with E-state index in [1.54, 1.807) is 0 Å². The Morgan fingerprint density at radius 1 is 1.17 bits per heavy atom. The average Bonchev–Trinajstić information content (AvgIpc) is 2.71. The van der Waals surface area contributed by atoms with Gasteiger partial charge in [0.25, 0.3) is 0 Å². The molecule has 1 heterocycles. The summed E-state index contributed by atoms with van der Waals surface area (Å²) in [7, 11) is 0. The molecule has 3 N–H and O–H groups in total. The largest absolute Gasteiger partial charge is 0.399 e. The SMILES string of the molecule is Cc1ccc2nc(-c3ccc(N)cc3Br)[nH]c2c1. The van der Waals surface area contributed by atoms with Crippen molar-refractivity contribution in [1.29, 1.82) is 0 Å². The van der Waals surface area contributed by atoms with Crippen LogP contribution in [-0.4, -0.2) is 9.97 Å². The maximum Gasteiger partial charge on any atom is 0.139 e. The Bertz CT molecular complexity index is 731. The number of anilines is 1. The topological polar surface area (TPSA) is 54.7 Å². The van der Waals surface area contributed by atoms with Gasteiger partial charge in [0.2, 0.25) is 0 Å². The number of hydrogen-bond acceptors (Lipinski definition) is 2. The van der Waals surface area contributed by atoms with Crippen LogP contribution >= 0.6 is 15.9 Å². The highest BCUT2D eigenvalue weighted by Crippen LogP contribution is 2.29. The summed E-state index contributed by atoms with van der Waals surface area (Å²) in [5.74, 6) is 0.850. The molecule has 3 nitrogen and oxygen atoms in total. The van der Waals surface area contributed by atoms with Crippen LogP contribution < -0.4 is 5.73 Å². The number of H-pyrrole nitrogens is 1. The number of nitrogens with zero attached hydrogens (tertiary/aromatic N) is 1. The zero-order chi connectivity index (χ0) is 12.7. The van der Waals surface area contributed by atoms with Gasteiger partial charge in [-0.2, -0.15) is 0 Å². The van der Waals surface area contributed by atoms with Gasteiger partial charge < -0.3 is 10.7 Å². The molecule has 0 spiro atoms.